The first kappa shape index (κ1) is 12.9. The van der Waals surface area contributed by atoms with Crippen LogP contribution in [-0.4, -0.2) is 70.8 Å². The van der Waals surface area contributed by atoms with Crippen LogP contribution in [0.3, 0.4) is 0 Å². The van der Waals surface area contributed by atoms with Crippen molar-refractivity contribution in [1.29, 1.82) is 0 Å². The number of sulfonamides is 1. The fourth-order valence-corrected chi connectivity index (χ4v) is 2.64. The number of nitrogens with zero attached hydrogens (tertiary/aromatic N) is 2. The second-order valence-corrected chi connectivity index (χ2v) is 6.14. The highest BCUT2D eigenvalue weighted by molar-refractivity contribution is 7.89. The number of nitrogens with one attached hydrogen (secondary N) is 1. The maximum absolute atomic E-state index is 11.3. The summed E-state index contributed by atoms with van der Waals surface area (Å²) in [6.45, 7) is 4.26. The van der Waals surface area contributed by atoms with Gasteiger partial charge >= 0.3 is 0 Å². The molecule has 0 radical (unpaired) electrons. The normalized spacial score (nSPS) is 23.7. The van der Waals surface area contributed by atoms with Crippen molar-refractivity contribution in [2.24, 2.45) is 0 Å². The number of hydrogen-bond donors (Lipinski definition) is 1. The van der Waals surface area contributed by atoms with Crippen LogP contribution in [0, 0.1) is 0 Å². The summed E-state index contributed by atoms with van der Waals surface area (Å²) in [6.07, 6.45) is 0.725. The Kier molecular flexibility index (Phi) is 4.98. The summed E-state index contributed by atoms with van der Waals surface area (Å²) in [6, 6.07) is 0. The van der Waals surface area contributed by atoms with Gasteiger partial charge in [0, 0.05) is 26.2 Å². The Balaban J connectivity index is 2.32. The average Bonchev–Trinajstić information content (AvgIpc) is 2.09. The molecule has 0 aromatic carbocycles. The molecular formula is C9H21N3O2S. The minimum atomic E-state index is -2.98. The molecule has 0 amide bonds. The monoisotopic (exact) mass is 235 g/mol. The summed E-state index contributed by atoms with van der Waals surface area (Å²) < 4.78 is 25.1. The lowest BCUT2D eigenvalue weighted by Gasteiger charge is -2.26. The van der Waals surface area contributed by atoms with E-state index in [1.807, 2.05) is 14.1 Å². The highest BCUT2D eigenvalue weighted by Crippen LogP contribution is 1.99. The molecule has 1 N–H and O–H groups in total. The zero-order valence-corrected chi connectivity index (χ0v) is 10.4. The summed E-state index contributed by atoms with van der Waals surface area (Å²) in [5.74, 6) is 0.255. The van der Waals surface area contributed by atoms with E-state index in [2.05, 4.69) is 14.5 Å². The standard InChI is InChI=1S/C9H21N3O2S/c1-11(2)7-8-12-5-3-9-15(13,14)10-4-6-12/h10H,3-9H2,1-2H3. The molecule has 0 atom stereocenters. The Morgan fingerprint density at radius 1 is 1.33 bits per heavy atom. The third kappa shape index (κ3) is 5.46. The largest absolute Gasteiger partial charge is 0.308 e. The molecule has 0 aromatic rings. The van der Waals surface area contributed by atoms with Crippen molar-refractivity contribution < 1.29 is 8.42 Å². The van der Waals surface area contributed by atoms with Crippen molar-refractivity contribution >= 4 is 10.0 Å². The zero-order chi connectivity index (χ0) is 11.3. The van der Waals surface area contributed by atoms with Gasteiger partial charge in [-0.05, 0) is 27.1 Å². The van der Waals surface area contributed by atoms with Crippen molar-refractivity contribution in [1.82, 2.24) is 14.5 Å². The Hall–Kier alpha value is -0.170. The van der Waals surface area contributed by atoms with Crippen LogP contribution in [0.2, 0.25) is 0 Å². The quantitative estimate of drug-likeness (QED) is 0.694. The molecule has 15 heavy (non-hydrogen) atoms. The highest BCUT2D eigenvalue weighted by Gasteiger charge is 2.15. The van der Waals surface area contributed by atoms with Crippen LogP contribution in [0.15, 0.2) is 0 Å². The van der Waals surface area contributed by atoms with Gasteiger partial charge in [0.05, 0.1) is 5.75 Å². The lowest BCUT2D eigenvalue weighted by Crippen LogP contribution is -2.42. The number of rotatable bonds is 3. The molecule has 1 fully saturated rings. The van der Waals surface area contributed by atoms with Crippen LogP contribution >= 0.6 is 0 Å². The van der Waals surface area contributed by atoms with Crippen molar-refractivity contribution in [2.75, 3.05) is 52.6 Å². The molecule has 1 heterocycles. The van der Waals surface area contributed by atoms with E-state index >= 15 is 0 Å². The van der Waals surface area contributed by atoms with Crippen molar-refractivity contribution in [3.8, 4) is 0 Å². The summed E-state index contributed by atoms with van der Waals surface area (Å²) in [5.41, 5.74) is 0. The molecule has 0 aliphatic carbocycles. The fourth-order valence-electron chi connectivity index (χ4n) is 1.59. The van der Waals surface area contributed by atoms with E-state index in [0.717, 1.165) is 32.6 Å². The van der Waals surface area contributed by atoms with Crippen molar-refractivity contribution in [2.45, 2.75) is 6.42 Å². The first-order valence-corrected chi connectivity index (χ1v) is 6.99. The van der Waals surface area contributed by atoms with Crippen molar-refractivity contribution in [3.63, 3.8) is 0 Å². The van der Waals surface area contributed by atoms with E-state index in [1.54, 1.807) is 0 Å². The summed E-state index contributed by atoms with van der Waals surface area (Å²) in [5, 5.41) is 0. The Morgan fingerprint density at radius 2 is 2.07 bits per heavy atom. The first-order valence-electron chi connectivity index (χ1n) is 5.34. The van der Waals surface area contributed by atoms with Gasteiger partial charge < -0.3 is 9.80 Å². The molecule has 6 heteroatoms. The van der Waals surface area contributed by atoms with E-state index in [-0.39, 0.29) is 5.75 Å². The number of hydrogen-bond acceptors (Lipinski definition) is 4. The van der Waals surface area contributed by atoms with E-state index in [9.17, 15) is 8.42 Å². The molecule has 1 rings (SSSR count). The van der Waals surface area contributed by atoms with E-state index in [4.69, 9.17) is 0 Å². The minimum Gasteiger partial charge on any atom is -0.308 e. The maximum Gasteiger partial charge on any atom is 0.211 e. The van der Waals surface area contributed by atoms with Crippen LogP contribution in [0.5, 0.6) is 0 Å². The van der Waals surface area contributed by atoms with Crippen LogP contribution < -0.4 is 4.72 Å². The molecule has 0 unspecified atom stereocenters. The molecule has 0 aromatic heterocycles. The van der Waals surface area contributed by atoms with Gasteiger partial charge in [0.2, 0.25) is 10.0 Å². The van der Waals surface area contributed by atoms with Gasteiger partial charge in [0.15, 0.2) is 0 Å². The SMILES string of the molecule is CN(C)CCN1CCCS(=O)(=O)NCC1. The molecular weight excluding hydrogens is 214 g/mol. The maximum atomic E-state index is 11.3. The van der Waals surface area contributed by atoms with Crippen LogP contribution in [0.1, 0.15) is 6.42 Å². The summed E-state index contributed by atoms with van der Waals surface area (Å²) >= 11 is 0. The van der Waals surface area contributed by atoms with Crippen LogP contribution in [0.25, 0.3) is 0 Å². The Bertz CT molecular complexity index is 261. The topological polar surface area (TPSA) is 52.7 Å². The molecule has 0 bridgehead atoms. The molecule has 5 nitrogen and oxygen atoms in total. The summed E-state index contributed by atoms with van der Waals surface area (Å²) in [4.78, 5) is 4.45. The third-order valence-corrected chi connectivity index (χ3v) is 3.97. The molecule has 90 valence electrons. The van der Waals surface area contributed by atoms with Gasteiger partial charge in [-0.25, -0.2) is 13.1 Å². The van der Waals surface area contributed by atoms with Gasteiger partial charge in [0.1, 0.15) is 0 Å². The fraction of sp³-hybridized carbons (Fsp3) is 1.00. The van der Waals surface area contributed by atoms with Gasteiger partial charge in [-0.15, -0.1) is 0 Å². The Morgan fingerprint density at radius 3 is 2.73 bits per heavy atom. The minimum absolute atomic E-state index is 0.255. The predicted molar refractivity (Wildman–Crippen MR) is 61.4 cm³/mol. The molecule has 1 aliphatic heterocycles. The predicted octanol–water partition coefficient (Wildman–Crippen LogP) is -0.827. The molecule has 1 saturated heterocycles. The molecule has 0 spiro atoms. The van der Waals surface area contributed by atoms with Gasteiger partial charge in [-0.3, -0.25) is 0 Å². The molecule has 1 aliphatic rings. The number of likely N-dealkylation sites (N-methyl/N-ethyl adjacent to an activating group) is 1. The lowest BCUT2D eigenvalue weighted by atomic mass is 10.3. The smallest absolute Gasteiger partial charge is 0.211 e. The average molecular weight is 235 g/mol. The van der Waals surface area contributed by atoms with E-state index in [0.29, 0.717) is 6.54 Å². The highest BCUT2D eigenvalue weighted by atomic mass is 32.2. The van der Waals surface area contributed by atoms with Crippen LogP contribution in [0.4, 0.5) is 0 Å². The van der Waals surface area contributed by atoms with Gasteiger partial charge in [-0.2, -0.15) is 0 Å². The van der Waals surface area contributed by atoms with E-state index < -0.39 is 10.0 Å². The third-order valence-electron chi connectivity index (χ3n) is 2.50. The summed E-state index contributed by atoms with van der Waals surface area (Å²) in [7, 11) is 1.11. The molecule has 0 saturated carbocycles. The zero-order valence-electron chi connectivity index (χ0n) is 9.57. The second kappa shape index (κ2) is 5.79. The Labute approximate surface area is 92.5 Å². The first-order chi connectivity index (χ1) is 6.99. The van der Waals surface area contributed by atoms with Gasteiger partial charge in [-0.1, -0.05) is 0 Å². The van der Waals surface area contributed by atoms with Crippen molar-refractivity contribution in [3.05, 3.63) is 0 Å². The second-order valence-electron chi connectivity index (χ2n) is 4.21. The lowest BCUT2D eigenvalue weighted by molar-refractivity contribution is 0.242. The van der Waals surface area contributed by atoms with E-state index in [1.165, 1.54) is 0 Å². The van der Waals surface area contributed by atoms with Gasteiger partial charge in [0.25, 0.3) is 0 Å². The van der Waals surface area contributed by atoms with Crippen LogP contribution in [-0.2, 0) is 10.0 Å².